The van der Waals surface area contributed by atoms with Crippen LogP contribution in [0.25, 0.3) is 0 Å². The van der Waals surface area contributed by atoms with Crippen molar-refractivity contribution in [3.63, 3.8) is 0 Å². The predicted molar refractivity (Wildman–Crippen MR) is 60.2 cm³/mol. The minimum absolute atomic E-state index is 0.00565. The van der Waals surface area contributed by atoms with Crippen molar-refractivity contribution in [1.29, 1.82) is 0 Å². The van der Waals surface area contributed by atoms with Gasteiger partial charge in [-0.2, -0.15) is 0 Å². The lowest BCUT2D eigenvalue weighted by Crippen LogP contribution is -2.23. The summed E-state index contributed by atoms with van der Waals surface area (Å²) in [5.41, 5.74) is 5.66. The number of hydrogen-bond donors (Lipinski definition) is 1. The van der Waals surface area contributed by atoms with Crippen LogP contribution in [0.2, 0.25) is 0 Å². The summed E-state index contributed by atoms with van der Waals surface area (Å²) in [5, 5.41) is 0. The van der Waals surface area contributed by atoms with Gasteiger partial charge in [0, 0.05) is 12.5 Å². The van der Waals surface area contributed by atoms with Gasteiger partial charge in [0.25, 0.3) is 0 Å². The molecule has 1 rings (SSSR count). The monoisotopic (exact) mass is 225 g/mol. The second-order valence-electron chi connectivity index (χ2n) is 3.61. The Labute approximate surface area is 94.4 Å². The molecule has 4 heteroatoms. The number of methoxy groups -OCH3 is 1. The first-order chi connectivity index (χ1) is 7.60. The number of Topliss-reactive ketones (excluding diaryl/α,β-unsaturated/α-hetero) is 1. The largest absolute Gasteiger partial charge is 0.496 e. The van der Waals surface area contributed by atoms with Crippen molar-refractivity contribution in [2.24, 2.45) is 5.73 Å². The normalized spacial score (nSPS) is 12.2. The fourth-order valence-electron chi connectivity index (χ4n) is 1.43. The topological polar surface area (TPSA) is 52.3 Å². The minimum Gasteiger partial charge on any atom is -0.496 e. The van der Waals surface area contributed by atoms with Crippen LogP contribution in [0.5, 0.6) is 5.75 Å². The highest BCUT2D eigenvalue weighted by molar-refractivity contribution is 5.99. The summed E-state index contributed by atoms with van der Waals surface area (Å²) >= 11 is 0. The minimum atomic E-state index is -0.562. The summed E-state index contributed by atoms with van der Waals surface area (Å²) in [4.78, 5) is 11.8. The second-order valence-corrected chi connectivity index (χ2v) is 3.61. The van der Waals surface area contributed by atoms with E-state index in [9.17, 15) is 9.18 Å². The van der Waals surface area contributed by atoms with Crippen LogP contribution in [0.3, 0.4) is 0 Å². The molecule has 0 bridgehead atoms. The molecule has 1 atom stereocenters. The lowest BCUT2D eigenvalue weighted by atomic mass is 10.0. The van der Waals surface area contributed by atoms with E-state index < -0.39 is 5.82 Å². The number of carbonyl (C=O) groups excluding carboxylic acids is 1. The molecule has 1 aromatic rings. The van der Waals surface area contributed by atoms with E-state index in [1.165, 1.54) is 19.2 Å². The molecule has 0 spiro atoms. The van der Waals surface area contributed by atoms with E-state index >= 15 is 0 Å². The highest BCUT2D eigenvalue weighted by Crippen LogP contribution is 2.23. The van der Waals surface area contributed by atoms with E-state index in [1.807, 2.05) is 6.92 Å². The van der Waals surface area contributed by atoms with Crippen molar-refractivity contribution in [2.45, 2.75) is 25.8 Å². The van der Waals surface area contributed by atoms with Crippen molar-refractivity contribution in [3.8, 4) is 5.75 Å². The Morgan fingerprint density at radius 3 is 2.81 bits per heavy atom. The lowest BCUT2D eigenvalue weighted by molar-refractivity contribution is 0.0966. The summed E-state index contributed by atoms with van der Waals surface area (Å²) in [6.45, 7) is 1.89. The van der Waals surface area contributed by atoms with E-state index in [1.54, 1.807) is 6.07 Å². The Bertz CT molecular complexity index is 379. The molecule has 0 amide bonds. The van der Waals surface area contributed by atoms with Crippen LogP contribution in [0.15, 0.2) is 18.2 Å². The molecule has 0 radical (unpaired) electrons. The third kappa shape index (κ3) is 2.79. The molecular weight excluding hydrogens is 209 g/mol. The van der Waals surface area contributed by atoms with Gasteiger partial charge < -0.3 is 10.5 Å². The van der Waals surface area contributed by atoms with Gasteiger partial charge in [-0.15, -0.1) is 0 Å². The van der Waals surface area contributed by atoms with Gasteiger partial charge in [-0.05, 0) is 18.6 Å². The van der Waals surface area contributed by atoms with Crippen LogP contribution in [0, 0.1) is 5.82 Å². The fraction of sp³-hybridized carbons (Fsp3) is 0.417. The maximum Gasteiger partial charge on any atom is 0.171 e. The van der Waals surface area contributed by atoms with Crippen LogP contribution in [0.4, 0.5) is 4.39 Å². The average Bonchev–Trinajstić information content (AvgIpc) is 2.28. The summed E-state index contributed by atoms with van der Waals surface area (Å²) in [6.07, 6.45) is 0.816. The smallest absolute Gasteiger partial charge is 0.171 e. The van der Waals surface area contributed by atoms with Gasteiger partial charge in [-0.1, -0.05) is 13.0 Å². The number of ether oxygens (including phenoxy) is 1. The number of halogens is 1. The third-order valence-corrected chi connectivity index (χ3v) is 2.45. The number of hydrogen-bond acceptors (Lipinski definition) is 3. The van der Waals surface area contributed by atoms with Gasteiger partial charge in [0.05, 0.1) is 12.7 Å². The first-order valence-electron chi connectivity index (χ1n) is 5.21. The van der Waals surface area contributed by atoms with Gasteiger partial charge in [-0.3, -0.25) is 4.79 Å². The van der Waals surface area contributed by atoms with Gasteiger partial charge in [0.2, 0.25) is 0 Å². The fourth-order valence-corrected chi connectivity index (χ4v) is 1.43. The highest BCUT2D eigenvalue weighted by atomic mass is 19.1. The van der Waals surface area contributed by atoms with Gasteiger partial charge in [-0.25, -0.2) is 4.39 Å². The van der Waals surface area contributed by atoms with Crippen molar-refractivity contribution >= 4 is 5.78 Å². The van der Waals surface area contributed by atoms with Crippen LogP contribution < -0.4 is 10.5 Å². The third-order valence-electron chi connectivity index (χ3n) is 2.45. The Kier molecular flexibility index (Phi) is 4.43. The first-order valence-corrected chi connectivity index (χ1v) is 5.21. The Morgan fingerprint density at radius 1 is 1.56 bits per heavy atom. The number of ketones is 1. The van der Waals surface area contributed by atoms with E-state index in [4.69, 9.17) is 10.5 Å². The molecule has 0 saturated heterocycles. The van der Waals surface area contributed by atoms with E-state index in [0.717, 1.165) is 0 Å². The Hall–Kier alpha value is -1.42. The SMILES string of the molecule is CCC(N)CC(=O)c1c(F)cccc1OC. The maximum absolute atomic E-state index is 13.5. The summed E-state index contributed by atoms with van der Waals surface area (Å²) in [5.74, 6) is -0.620. The molecule has 0 aromatic heterocycles. The summed E-state index contributed by atoms with van der Waals surface area (Å²) in [7, 11) is 1.41. The lowest BCUT2D eigenvalue weighted by Gasteiger charge is -2.11. The van der Waals surface area contributed by atoms with Crippen molar-refractivity contribution in [3.05, 3.63) is 29.6 Å². The molecule has 0 aliphatic carbocycles. The van der Waals surface area contributed by atoms with Gasteiger partial charge in [0.1, 0.15) is 11.6 Å². The predicted octanol–water partition coefficient (Wildman–Crippen LogP) is 2.14. The summed E-state index contributed by atoms with van der Waals surface area (Å²) in [6, 6.07) is 4.07. The van der Waals surface area contributed by atoms with E-state index in [0.29, 0.717) is 6.42 Å². The molecule has 0 saturated carbocycles. The van der Waals surface area contributed by atoms with Gasteiger partial charge in [0.15, 0.2) is 5.78 Å². The van der Waals surface area contributed by atoms with Crippen LogP contribution in [0.1, 0.15) is 30.1 Å². The van der Waals surface area contributed by atoms with Crippen molar-refractivity contribution < 1.29 is 13.9 Å². The Morgan fingerprint density at radius 2 is 2.25 bits per heavy atom. The highest BCUT2D eigenvalue weighted by Gasteiger charge is 2.18. The van der Waals surface area contributed by atoms with Crippen LogP contribution in [-0.2, 0) is 0 Å². The number of nitrogens with two attached hydrogens (primary N) is 1. The van der Waals surface area contributed by atoms with Crippen LogP contribution >= 0.6 is 0 Å². The molecule has 88 valence electrons. The quantitative estimate of drug-likeness (QED) is 0.781. The second kappa shape index (κ2) is 5.61. The number of carbonyl (C=O) groups is 1. The molecule has 1 unspecified atom stereocenters. The molecule has 0 aliphatic rings. The molecule has 0 heterocycles. The molecule has 2 N–H and O–H groups in total. The van der Waals surface area contributed by atoms with Crippen LogP contribution in [-0.4, -0.2) is 18.9 Å². The van der Waals surface area contributed by atoms with Crippen molar-refractivity contribution in [1.82, 2.24) is 0 Å². The molecular formula is C12H16FNO2. The molecule has 16 heavy (non-hydrogen) atoms. The van der Waals surface area contributed by atoms with E-state index in [2.05, 4.69) is 0 Å². The molecule has 0 fully saturated rings. The first kappa shape index (κ1) is 12.6. The summed E-state index contributed by atoms with van der Waals surface area (Å²) < 4.78 is 18.5. The average molecular weight is 225 g/mol. The van der Waals surface area contributed by atoms with E-state index in [-0.39, 0.29) is 29.6 Å². The zero-order valence-electron chi connectivity index (χ0n) is 9.50. The number of benzene rings is 1. The standard InChI is InChI=1S/C12H16FNO2/c1-3-8(14)7-10(15)12-9(13)5-4-6-11(12)16-2/h4-6,8H,3,7,14H2,1-2H3. The molecule has 3 nitrogen and oxygen atoms in total. The zero-order chi connectivity index (χ0) is 12.1. The molecule has 0 aliphatic heterocycles. The molecule has 1 aromatic carbocycles. The number of rotatable bonds is 5. The maximum atomic E-state index is 13.5. The van der Waals surface area contributed by atoms with Gasteiger partial charge >= 0.3 is 0 Å². The zero-order valence-corrected chi connectivity index (χ0v) is 9.50. The Balaban J connectivity index is 2.98. The van der Waals surface area contributed by atoms with Crippen molar-refractivity contribution in [2.75, 3.05) is 7.11 Å².